The average Bonchev–Trinajstić information content (AvgIpc) is 2.72. The highest BCUT2D eigenvalue weighted by molar-refractivity contribution is 7.18. The fourth-order valence-corrected chi connectivity index (χ4v) is 3.59. The Morgan fingerprint density at radius 2 is 2.00 bits per heavy atom. The second-order valence-electron chi connectivity index (χ2n) is 5.00. The van der Waals surface area contributed by atoms with Crippen LogP contribution in [0.25, 0.3) is 10.2 Å². The van der Waals surface area contributed by atoms with Gasteiger partial charge in [0.2, 0.25) is 0 Å². The first-order valence-corrected chi connectivity index (χ1v) is 7.85. The maximum Gasteiger partial charge on any atom is 0.169 e. The minimum absolute atomic E-state index is 0.315. The van der Waals surface area contributed by atoms with E-state index in [1.807, 2.05) is 38.1 Å². The molecule has 2 aromatic heterocycles. The number of benzene rings is 1. The van der Waals surface area contributed by atoms with E-state index in [4.69, 9.17) is 16.3 Å². The largest absolute Gasteiger partial charge is 0.486 e. The van der Waals surface area contributed by atoms with E-state index >= 15 is 0 Å². The lowest BCUT2D eigenvalue weighted by atomic mass is 10.2. The standard InChI is InChI=1S/C16H15ClN2OS/c1-9-5-4-6-12(7-9)20-8-13-18-15(17)14-10(2)11(3)21-16(14)19-13/h4-7H,8H2,1-3H3. The van der Waals surface area contributed by atoms with Crippen LogP contribution in [-0.2, 0) is 6.61 Å². The van der Waals surface area contributed by atoms with Gasteiger partial charge in [-0.25, -0.2) is 9.97 Å². The summed E-state index contributed by atoms with van der Waals surface area (Å²) in [6.07, 6.45) is 0. The van der Waals surface area contributed by atoms with Crippen molar-refractivity contribution in [2.45, 2.75) is 27.4 Å². The lowest BCUT2D eigenvalue weighted by Gasteiger charge is -2.06. The number of rotatable bonds is 3. The molecule has 0 fully saturated rings. The van der Waals surface area contributed by atoms with Crippen LogP contribution >= 0.6 is 22.9 Å². The summed E-state index contributed by atoms with van der Waals surface area (Å²) in [6.45, 7) is 6.46. The van der Waals surface area contributed by atoms with Gasteiger partial charge in [0.05, 0.1) is 5.39 Å². The maximum atomic E-state index is 6.29. The molecule has 0 bridgehead atoms. The van der Waals surface area contributed by atoms with E-state index in [9.17, 15) is 0 Å². The fourth-order valence-electron chi connectivity index (χ4n) is 2.16. The summed E-state index contributed by atoms with van der Waals surface area (Å²) in [5.74, 6) is 1.42. The van der Waals surface area contributed by atoms with Gasteiger partial charge in [-0.15, -0.1) is 11.3 Å². The van der Waals surface area contributed by atoms with Crippen molar-refractivity contribution >= 4 is 33.2 Å². The molecule has 0 unspecified atom stereocenters. The number of hydrogen-bond donors (Lipinski definition) is 0. The van der Waals surface area contributed by atoms with Crippen LogP contribution in [0.15, 0.2) is 24.3 Å². The zero-order valence-electron chi connectivity index (χ0n) is 12.1. The van der Waals surface area contributed by atoms with Crippen LogP contribution in [-0.4, -0.2) is 9.97 Å². The van der Waals surface area contributed by atoms with Gasteiger partial charge in [-0.1, -0.05) is 23.7 Å². The topological polar surface area (TPSA) is 35.0 Å². The molecule has 0 saturated carbocycles. The van der Waals surface area contributed by atoms with Crippen LogP contribution < -0.4 is 4.74 Å². The minimum atomic E-state index is 0.315. The van der Waals surface area contributed by atoms with Gasteiger partial charge in [0.15, 0.2) is 5.82 Å². The Labute approximate surface area is 132 Å². The van der Waals surface area contributed by atoms with E-state index in [0.29, 0.717) is 17.6 Å². The van der Waals surface area contributed by atoms with Gasteiger partial charge >= 0.3 is 0 Å². The van der Waals surface area contributed by atoms with E-state index in [1.165, 1.54) is 4.88 Å². The van der Waals surface area contributed by atoms with Crippen LogP contribution in [0.1, 0.15) is 21.8 Å². The van der Waals surface area contributed by atoms with Crippen molar-refractivity contribution < 1.29 is 4.74 Å². The number of aryl methyl sites for hydroxylation is 3. The summed E-state index contributed by atoms with van der Waals surface area (Å²) in [4.78, 5) is 11.0. The number of thiophene rings is 1. The zero-order valence-corrected chi connectivity index (χ0v) is 13.7. The molecular weight excluding hydrogens is 304 g/mol. The molecule has 0 saturated heterocycles. The summed E-state index contributed by atoms with van der Waals surface area (Å²) in [5.41, 5.74) is 2.32. The molecular formula is C16H15ClN2OS. The molecule has 0 aliphatic carbocycles. The zero-order chi connectivity index (χ0) is 15.0. The molecule has 0 amide bonds. The molecule has 0 atom stereocenters. The van der Waals surface area contributed by atoms with Crippen molar-refractivity contribution in [1.82, 2.24) is 9.97 Å². The molecule has 0 radical (unpaired) electrons. The number of fused-ring (bicyclic) bond motifs is 1. The Kier molecular flexibility index (Phi) is 3.83. The Balaban J connectivity index is 1.88. The highest BCUT2D eigenvalue weighted by atomic mass is 35.5. The van der Waals surface area contributed by atoms with E-state index < -0.39 is 0 Å². The Hall–Kier alpha value is -1.65. The van der Waals surface area contributed by atoms with Gasteiger partial charge in [-0.05, 0) is 44.0 Å². The first-order chi connectivity index (χ1) is 10.0. The summed E-state index contributed by atoms with van der Waals surface area (Å²) in [6, 6.07) is 7.91. The molecule has 3 aromatic rings. The van der Waals surface area contributed by atoms with Gasteiger partial charge in [0.25, 0.3) is 0 Å². The maximum absolute atomic E-state index is 6.29. The molecule has 0 spiro atoms. The van der Waals surface area contributed by atoms with Crippen LogP contribution in [0.4, 0.5) is 0 Å². The molecule has 5 heteroatoms. The van der Waals surface area contributed by atoms with Crippen LogP contribution in [0, 0.1) is 20.8 Å². The third-order valence-corrected chi connectivity index (χ3v) is 4.76. The van der Waals surface area contributed by atoms with Gasteiger partial charge in [0, 0.05) is 4.88 Å². The fraction of sp³-hybridized carbons (Fsp3) is 0.250. The lowest BCUT2D eigenvalue weighted by Crippen LogP contribution is -2.02. The third kappa shape index (κ3) is 2.87. The lowest BCUT2D eigenvalue weighted by molar-refractivity contribution is 0.296. The van der Waals surface area contributed by atoms with Crippen LogP contribution in [0.2, 0.25) is 5.15 Å². The quantitative estimate of drug-likeness (QED) is 0.647. The number of aromatic nitrogens is 2. The summed E-state index contributed by atoms with van der Waals surface area (Å²) in [7, 11) is 0. The predicted molar refractivity (Wildman–Crippen MR) is 87.4 cm³/mol. The Morgan fingerprint density at radius 1 is 1.19 bits per heavy atom. The molecule has 2 heterocycles. The molecule has 3 rings (SSSR count). The third-order valence-electron chi connectivity index (χ3n) is 3.39. The second kappa shape index (κ2) is 5.62. The van der Waals surface area contributed by atoms with E-state index in [2.05, 4.69) is 16.9 Å². The van der Waals surface area contributed by atoms with Gasteiger partial charge < -0.3 is 4.74 Å². The van der Waals surface area contributed by atoms with Gasteiger partial charge in [-0.3, -0.25) is 0 Å². The summed E-state index contributed by atoms with van der Waals surface area (Å²) in [5, 5.41) is 1.46. The Bertz CT molecular complexity index is 813. The number of hydrogen-bond acceptors (Lipinski definition) is 4. The van der Waals surface area contributed by atoms with Crippen molar-refractivity contribution in [3.8, 4) is 5.75 Å². The monoisotopic (exact) mass is 318 g/mol. The van der Waals surface area contributed by atoms with Crippen molar-refractivity contribution in [3.05, 3.63) is 51.2 Å². The molecule has 108 valence electrons. The second-order valence-corrected chi connectivity index (χ2v) is 6.56. The SMILES string of the molecule is Cc1cccc(OCc2nc(Cl)c3c(C)c(C)sc3n2)c1. The first-order valence-electron chi connectivity index (χ1n) is 6.66. The van der Waals surface area contributed by atoms with Crippen molar-refractivity contribution in [3.63, 3.8) is 0 Å². The van der Waals surface area contributed by atoms with Crippen molar-refractivity contribution in [2.24, 2.45) is 0 Å². The van der Waals surface area contributed by atoms with Crippen LogP contribution in [0.3, 0.4) is 0 Å². The summed E-state index contributed by atoms with van der Waals surface area (Å²) >= 11 is 7.93. The highest BCUT2D eigenvalue weighted by Crippen LogP contribution is 2.33. The number of halogens is 1. The number of nitrogens with zero attached hydrogens (tertiary/aromatic N) is 2. The van der Waals surface area contributed by atoms with Crippen molar-refractivity contribution in [1.29, 1.82) is 0 Å². The normalized spacial score (nSPS) is 11.0. The molecule has 21 heavy (non-hydrogen) atoms. The first kappa shape index (κ1) is 14.3. The van der Waals surface area contributed by atoms with Gasteiger partial charge in [-0.2, -0.15) is 0 Å². The molecule has 3 nitrogen and oxygen atoms in total. The molecule has 0 aliphatic heterocycles. The predicted octanol–water partition coefficient (Wildman–Crippen LogP) is 4.85. The van der Waals surface area contributed by atoms with E-state index in [1.54, 1.807) is 11.3 Å². The average molecular weight is 319 g/mol. The minimum Gasteiger partial charge on any atom is -0.486 e. The van der Waals surface area contributed by atoms with E-state index in [-0.39, 0.29) is 0 Å². The smallest absolute Gasteiger partial charge is 0.169 e. The Morgan fingerprint density at radius 3 is 2.76 bits per heavy atom. The number of ether oxygens (including phenoxy) is 1. The van der Waals surface area contributed by atoms with E-state index in [0.717, 1.165) is 27.1 Å². The van der Waals surface area contributed by atoms with Gasteiger partial charge in [0.1, 0.15) is 22.3 Å². The molecule has 0 aliphatic rings. The van der Waals surface area contributed by atoms with Crippen molar-refractivity contribution in [2.75, 3.05) is 0 Å². The van der Waals surface area contributed by atoms with Crippen LogP contribution in [0.5, 0.6) is 5.75 Å². The molecule has 0 N–H and O–H groups in total. The molecule has 1 aromatic carbocycles. The highest BCUT2D eigenvalue weighted by Gasteiger charge is 2.13. The summed E-state index contributed by atoms with van der Waals surface area (Å²) < 4.78 is 5.73.